The van der Waals surface area contributed by atoms with E-state index in [9.17, 15) is 14.3 Å². The summed E-state index contributed by atoms with van der Waals surface area (Å²) in [5.74, 6) is -0.418. The summed E-state index contributed by atoms with van der Waals surface area (Å²) < 4.78 is 19.1. The Morgan fingerprint density at radius 1 is 1.00 bits per heavy atom. The van der Waals surface area contributed by atoms with Crippen molar-refractivity contribution in [1.29, 1.82) is 0 Å². The molecule has 0 aromatic heterocycles. The molecule has 1 amide bonds. The van der Waals surface area contributed by atoms with Crippen LogP contribution in [0.1, 0.15) is 35.1 Å². The number of ether oxygens (including phenoxy) is 1. The predicted molar refractivity (Wildman–Crippen MR) is 109 cm³/mol. The highest BCUT2D eigenvalue weighted by Gasteiger charge is 2.29. The van der Waals surface area contributed by atoms with Gasteiger partial charge in [0.05, 0.1) is 6.04 Å². The lowest BCUT2D eigenvalue weighted by Gasteiger charge is -2.20. The van der Waals surface area contributed by atoms with Gasteiger partial charge in [-0.1, -0.05) is 60.7 Å². The molecule has 0 saturated heterocycles. The fourth-order valence-corrected chi connectivity index (χ4v) is 3.96. The van der Waals surface area contributed by atoms with Crippen LogP contribution < -0.4 is 5.32 Å². The number of hydrogen-bond donors (Lipinski definition) is 2. The van der Waals surface area contributed by atoms with E-state index in [4.69, 9.17) is 4.74 Å². The van der Waals surface area contributed by atoms with Gasteiger partial charge in [0.15, 0.2) is 0 Å². The van der Waals surface area contributed by atoms with Gasteiger partial charge in [-0.25, -0.2) is 9.18 Å². The van der Waals surface area contributed by atoms with Crippen LogP contribution in [0.5, 0.6) is 0 Å². The summed E-state index contributed by atoms with van der Waals surface area (Å²) >= 11 is 0. The highest BCUT2D eigenvalue weighted by Crippen LogP contribution is 2.44. The Bertz CT molecular complexity index is 975. The van der Waals surface area contributed by atoms with E-state index in [1.165, 1.54) is 12.1 Å². The second-order valence-corrected chi connectivity index (χ2v) is 7.09. The number of aliphatic hydroxyl groups excluding tert-OH is 1. The summed E-state index contributed by atoms with van der Waals surface area (Å²) in [5, 5.41) is 12.1. The third kappa shape index (κ3) is 4.00. The van der Waals surface area contributed by atoms with E-state index in [-0.39, 0.29) is 31.4 Å². The first-order chi connectivity index (χ1) is 14.2. The molecule has 1 aliphatic rings. The maximum Gasteiger partial charge on any atom is 0.407 e. The van der Waals surface area contributed by atoms with Crippen LogP contribution in [0.4, 0.5) is 9.18 Å². The van der Waals surface area contributed by atoms with Crippen LogP contribution in [0.2, 0.25) is 0 Å². The fourth-order valence-electron chi connectivity index (χ4n) is 3.96. The number of alkyl carbamates (subject to hydrolysis) is 1. The maximum absolute atomic E-state index is 13.5. The van der Waals surface area contributed by atoms with Crippen LogP contribution >= 0.6 is 0 Å². The monoisotopic (exact) mass is 391 g/mol. The molecule has 3 aromatic rings. The summed E-state index contributed by atoms with van der Waals surface area (Å²) in [6.07, 6.45) is -0.317. The highest BCUT2D eigenvalue weighted by molar-refractivity contribution is 5.79. The molecule has 0 aliphatic heterocycles. The maximum atomic E-state index is 13.5. The van der Waals surface area contributed by atoms with Gasteiger partial charge in [0.1, 0.15) is 12.4 Å². The topological polar surface area (TPSA) is 58.6 Å². The molecule has 2 N–H and O–H groups in total. The van der Waals surface area contributed by atoms with Crippen molar-refractivity contribution >= 4 is 6.09 Å². The van der Waals surface area contributed by atoms with Gasteiger partial charge in [0, 0.05) is 12.5 Å². The molecule has 0 saturated carbocycles. The highest BCUT2D eigenvalue weighted by atomic mass is 19.1. The normalized spacial score (nSPS) is 13.4. The van der Waals surface area contributed by atoms with Gasteiger partial charge < -0.3 is 15.2 Å². The minimum absolute atomic E-state index is 0.0291. The van der Waals surface area contributed by atoms with Crippen molar-refractivity contribution in [3.05, 3.63) is 95.3 Å². The van der Waals surface area contributed by atoms with Crippen molar-refractivity contribution in [2.45, 2.75) is 18.4 Å². The van der Waals surface area contributed by atoms with Gasteiger partial charge in [-0.2, -0.15) is 0 Å². The van der Waals surface area contributed by atoms with Crippen LogP contribution in [-0.2, 0) is 4.74 Å². The van der Waals surface area contributed by atoms with E-state index in [2.05, 4.69) is 29.6 Å². The minimum atomic E-state index is -0.588. The van der Waals surface area contributed by atoms with Gasteiger partial charge in [0.2, 0.25) is 0 Å². The van der Waals surface area contributed by atoms with Crippen molar-refractivity contribution in [3.8, 4) is 11.1 Å². The number of fused-ring (bicyclic) bond motifs is 3. The molecule has 4 rings (SSSR count). The lowest BCUT2D eigenvalue weighted by molar-refractivity contribution is 0.136. The molecule has 0 heterocycles. The molecule has 1 atom stereocenters. The van der Waals surface area contributed by atoms with Gasteiger partial charge in [0.25, 0.3) is 0 Å². The van der Waals surface area contributed by atoms with Crippen LogP contribution in [0.15, 0.2) is 72.8 Å². The molecule has 0 bridgehead atoms. The second-order valence-electron chi connectivity index (χ2n) is 7.09. The molecular formula is C24H22FNO3. The molecule has 148 valence electrons. The molecule has 0 radical (unpaired) electrons. The average Bonchev–Trinajstić information content (AvgIpc) is 3.06. The molecule has 29 heavy (non-hydrogen) atoms. The largest absolute Gasteiger partial charge is 0.449 e. The van der Waals surface area contributed by atoms with Crippen molar-refractivity contribution in [1.82, 2.24) is 5.32 Å². The van der Waals surface area contributed by atoms with Crippen molar-refractivity contribution < 1.29 is 19.0 Å². The molecule has 5 heteroatoms. The summed E-state index contributed by atoms with van der Waals surface area (Å²) in [6, 6.07) is 21.7. The third-order valence-corrected chi connectivity index (χ3v) is 5.30. The lowest BCUT2D eigenvalue weighted by Crippen LogP contribution is -2.31. The van der Waals surface area contributed by atoms with E-state index in [1.54, 1.807) is 12.1 Å². The first-order valence-corrected chi connectivity index (χ1v) is 9.65. The Balaban J connectivity index is 1.47. The van der Waals surface area contributed by atoms with Crippen LogP contribution in [0.3, 0.4) is 0 Å². The molecule has 0 fully saturated rings. The zero-order valence-corrected chi connectivity index (χ0v) is 15.8. The molecule has 0 unspecified atom stereocenters. The predicted octanol–water partition coefficient (Wildman–Crippen LogP) is 4.79. The van der Waals surface area contributed by atoms with Gasteiger partial charge >= 0.3 is 6.09 Å². The van der Waals surface area contributed by atoms with Crippen molar-refractivity contribution in [2.24, 2.45) is 0 Å². The van der Waals surface area contributed by atoms with Crippen molar-refractivity contribution in [3.63, 3.8) is 0 Å². The summed E-state index contributed by atoms with van der Waals surface area (Å²) in [7, 11) is 0. The molecular weight excluding hydrogens is 369 g/mol. The SMILES string of the molecule is O=C(N[C@@H](CCO)c1cccc(F)c1)OCC1c2ccccc2-c2ccccc21. The number of amides is 1. The summed E-state index contributed by atoms with van der Waals surface area (Å²) in [4.78, 5) is 12.5. The number of carbonyl (C=O) groups excluding carboxylic acids is 1. The number of aliphatic hydroxyl groups is 1. The second kappa shape index (κ2) is 8.45. The molecule has 3 aromatic carbocycles. The average molecular weight is 391 g/mol. The Kier molecular flexibility index (Phi) is 5.58. The minimum Gasteiger partial charge on any atom is -0.449 e. The fraction of sp³-hybridized carbons (Fsp3) is 0.208. The molecule has 1 aliphatic carbocycles. The summed E-state index contributed by atoms with van der Waals surface area (Å²) in [6.45, 7) is 0.0691. The number of halogens is 1. The molecule has 4 nitrogen and oxygen atoms in total. The first-order valence-electron chi connectivity index (χ1n) is 9.65. The van der Waals surface area contributed by atoms with E-state index >= 15 is 0 Å². The van der Waals surface area contributed by atoms with Gasteiger partial charge in [-0.05, 0) is 46.4 Å². The van der Waals surface area contributed by atoms with Crippen LogP contribution in [0, 0.1) is 5.82 Å². The zero-order chi connectivity index (χ0) is 20.2. The number of rotatable bonds is 6. The number of carbonyl (C=O) groups is 1. The number of hydrogen-bond acceptors (Lipinski definition) is 3. The van der Waals surface area contributed by atoms with Crippen LogP contribution in [-0.4, -0.2) is 24.4 Å². The van der Waals surface area contributed by atoms with Gasteiger partial charge in [-0.15, -0.1) is 0 Å². The van der Waals surface area contributed by atoms with E-state index in [1.807, 2.05) is 24.3 Å². The standard InChI is InChI=1S/C24H22FNO3/c25-17-7-5-6-16(14-17)23(12-13-27)26-24(28)29-15-22-20-10-3-1-8-18(20)19-9-2-4-11-21(19)22/h1-11,14,22-23,27H,12-13,15H2,(H,26,28)/t23-/m0/s1. The third-order valence-electron chi connectivity index (χ3n) is 5.30. The number of benzene rings is 3. The Morgan fingerprint density at radius 2 is 1.66 bits per heavy atom. The van der Waals surface area contributed by atoms with Gasteiger partial charge in [-0.3, -0.25) is 0 Å². The Hall–Kier alpha value is -3.18. The van der Waals surface area contributed by atoms with E-state index < -0.39 is 12.1 Å². The lowest BCUT2D eigenvalue weighted by atomic mass is 9.98. The number of nitrogens with one attached hydrogen (secondary N) is 1. The summed E-state index contributed by atoms with van der Waals surface area (Å²) in [5.41, 5.74) is 5.19. The zero-order valence-electron chi connectivity index (χ0n) is 15.8. The van der Waals surface area contributed by atoms with Crippen LogP contribution in [0.25, 0.3) is 11.1 Å². The first kappa shape index (κ1) is 19.2. The van der Waals surface area contributed by atoms with Crippen molar-refractivity contribution in [2.75, 3.05) is 13.2 Å². The molecule has 0 spiro atoms. The quantitative estimate of drug-likeness (QED) is 0.635. The Morgan fingerprint density at radius 3 is 2.28 bits per heavy atom. The van der Waals surface area contributed by atoms with E-state index in [0.717, 1.165) is 22.3 Å². The smallest absolute Gasteiger partial charge is 0.407 e. The van der Waals surface area contributed by atoms with E-state index in [0.29, 0.717) is 5.56 Å². The Labute approximate surface area is 169 Å².